The summed E-state index contributed by atoms with van der Waals surface area (Å²) in [5.74, 6) is -0.813. The second kappa shape index (κ2) is 7.74. The van der Waals surface area contributed by atoms with Crippen LogP contribution in [0.15, 0.2) is 36.5 Å². The van der Waals surface area contributed by atoms with Crippen LogP contribution < -0.4 is 0 Å². The monoisotopic (exact) mass is 207 g/mol. The van der Waals surface area contributed by atoms with Crippen molar-refractivity contribution >= 4 is 11.7 Å². The predicted molar refractivity (Wildman–Crippen MR) is 62.3 cm³/mol. The van der Waals surface area contributed by atoms with Gasteiger partial charge in [-0.3, -0.25) is 4.79 Å². The average molecular weight is 207 g/mol. The van der Waals surface area contributed by atoms with E-state index in [1.54, 1.807) is 18.2 Å². The summed E-state index contributed by atoms with van der Waals surface area (Å²) in [5, 5.41) is 16.2. The van der Waals surface area contributed by atoms with Crippen LogP contribution in [0.25, 0.3) is 0 Å². The third-order valence-electron chi connectivity index (χ3n) is 1.89. The van der Waals surface area contributed by atoms with Crippen molar-refractivity contribution in [3.05, 3.63) is 36.5 Å². The van der Waals surface area contributed by atoms with Crippen LogP contribution in [0, 0.1) is 5.41 Å². The van der Waals surface area contributed by atoms with E-state index in [1.807, 2.05) is 13.0 Å². The second-order valence-corrected chi connectivity index (χ2v) is 3.06. The molecule has 0 bridgehead atoms. The molecule has 15 heavy (non-hydrogen) atoms. The average Bonchev–Trinajstić information content (AvgIpc) is 2.18. The summed E-state index contributed by atoms with van der Waals surface area (Å²) in [5.41, 5.74) is 1.29. The Morgan fingerprint density at radius 2 is 2.13 bits per heavy atom. The minimum absolute atomic E-state index is 0.116. The smallest absolute Gasteiger partial charge is 0.303 e. The van der Waals surface area contributed by atoms with E-state index in [1.165, 1.54) is 0 Å². The molecular weight excluding hydrogens is 190 g/mol. The van der Waals surface area contributed by atoms with E-state index in [0.29, 0.717) is 18.6 Å². The van der Waals surface area contributed by atoms with Crippen LogP contribution >= 0.6 is 0 Å². The number of hydrogen-bond donors (Lipinski definition) is 2. The minimum Gasteiger partial charge on any atom is -0.481 e. The molecular formula is C12H17NO2. The third-order valence-corrected chi connectivity index (χ3v) is 1.89. The molecule has 0 amide bonds. The quantitative estimate of drug-likeness (QED) is 0.498. The van der Waals surface area contributed by atoms with Gasteiger partial charge in [-0.25, -0.2) is 0 Å². The molecule has 2 N–H and O–H groups in total. The summed E-state index contributed by atoms with van der Waals surface area (Å²) < 4.78 is 0. The maximum Gasteiger partial charge on any atom is 0.303 e. The molecule has 0 radical (unpaired) electrons. The molecule has 0 aromatic heterocycles. The van der Waals surface area contributed by atoms with Crippen molar-refractivity contribution < 1.29 is 9.90 Å². The lowest BCUT2D eigenvalue weighted by molar-refractivity contribution is -0.137. The van der Waals surface area contributed by atoms with Crippen LogP contribution in [0.5, 0.6) is 0 Å². The zero-order valence-corrected chi connectivity index (χ0v) is 8.99. The van der Waals surface area contributed by atoms with Crippen molar-refractivity contribution in [2.45, 2.75) is 26.2 Å². The van der Waals surface area contributed by atoms with Crippen molar-refractivity contribution in [1.29, 1.82) is 5.41 Å². The first-order valence-corrected chi connectivity index (χ1v) is 4.86. The van der Waals surface area contributed by atoms with Crippen LogP contribution in [0.4, 0.5) is 0 Å². The van der Waals surface area contributed by atoms with Gasteiger partial charge in [-0.05, 0) is 25.3 Å². The zero-order chi connectivity index (χ0) is 11.7. The number of carbonyl (C=O) groups is 1. The van der Waals surface area contributed by atoms with Crippen molar-refractivity contribution in [2.24, 2.45) is 0 Å². The molecule has 3 heteroatoms. The molecule has 0 unspecified atom stereocenters. The highest BCUT2D eigenvalue weighted by Crippen LogP contribution is 2.07. The van der Waals surface area contributed by atoms with Gasteiger partial charge in [-0.15, -0.1) is 0 Å². The van der Waals surface area contributed by atoms with E-state index in [9.17, 15) is 4.79 Å². The number of rotatable bonds is 7. The number of allylic oxidation sites excluding steroid dienone is 5. The van der Waals surface area contributed by atoms with Crippen molar-refractivity contribution in [1.82, 2.24) is 0 Å². The van der Waals surface area contributed by atoms with Gasteiger partial charge in [0.2, 0.25) is 0 Å². The molecule has 82 valence electrons. The van der Waals surface area contributed by atoms with E-state index in [2.05, 4.69) is 6.58 Å². The Kier molecular flexibility index (Phi) is 6.89. The van der Waals surface area contributed by atoms with Crippen LogP contribution in [0.2, 0.25) is 0 Å². The molecule has 0 rings (SSSR count). The van der Waals surface area contributed by atoms with Crippen LogP contribution in [0.1, 0.15) is 26.2 Å². The van der Waals surface area contributed by atoms with Gasteiger partial charge < -0.3 is 10.5 Å². The fourth-order valence-electron chi connectivity index (χ4n) is 1.10. The van der Waals surface area contributed by atoms with Crippen LogP contribution in [-0.2, 0) is 4.79 Å². The maximum absolute atomic E-state index is 10.3. The second-order valence-electron chi connectivity index (χ2n) is 3.06. The third kappa shape index (κ3) is 6.43. The van der Waals surface area contributed by atoms with Gasteiger partial charge in [0.05, 0.1) is 0 Å². The van der Waals surface area contributed by atoms with Gasteiger partial charge in [-0.2, -0.15) is 0 Å². The lowest BCUT2D eigenvalue weighted by Crippen LogP contribution is -2.01. The van der Waals surface area contributed by atoms with E-state index >= 15 is 0 Å². The SMILES string of the molecule is C=C/C=C\C(=C/C)C(=N)CCCC(=O)O. The maximum atomic E-state index is 10.3. The van der Waals surface area contributed by atoms with E-state index in [4.69, 9.17) is 10.5 Å². The molecule has 0 spiro atoms. The number of aliphatic carboxylic acids is 1. The van der Waals surface area contributed by atoms with Gasteiger partial charge in [0.1, 0.15) is 0 Å². The van der Waals surface area contributed by atoms with Gasteiger partial charge in [0, 0.05) is 12.1 Å². The Balaban J connectivity index is 4.12. The molecule has 0 aromatic carbocycles. The zero-order valence-electron chi connectivity index (χ0n) is 8.99. The van der Waals surface area contributed by atoms with Gasteiger partial charge in [0.25, 0.3) is 0 Å². The fourth-order valence-corrected chi connectivity index (χ4v) is 1.10. The Morgan fingerprint density at radius 3 is 2.60 bits per heavy atom. The number of carboxylic acids is 1. The molecule has 0 aliphatic carbocycles. The molecule has 0 saturated carbocycles. The number of nitrogens with one attached hydrogen (secondary N) is 1. The molecule has 0 aliphatic heterocycles. The van der Waals surface area contributed by atoms with E-state index in [0.717, 1.165) is 5.57 Å². The Morgan fingerprint density at radius 1 is 1.47 bits per heavy atom. The first kappa shape index (κ1) is 13.4. The standard InChI is InChI=1S/C12H17NO2/c1-3-5-7-10(4-2)11(13)8-6-9-12(14)15/h3-5,7,13H,1,6,8-9H2,2H3,(H,14,15)/b7-5-,10-4+,13-11?. The Hall–Kier alpha value is -1.64. The molecule has 0 heterocycles. The van der Waals surface area contributed by atoms with Crippen molar-refractivity contribution in [3.63, 3.8) is 0 Å². The number of hydrogen-bond acceptors (Lipinski definition) is 2. The molecule has 0 fully saturated rings. The lowest BCUT2D eigenvalue weighted by Gasteiger charge is -2.03. The molecule has 3 nitrogen and oxygen atoms in total. The van der Waals surface area contributed by atoms with Crippen LogP contribution in [0.3, 0.4) is 0 Å². The first-order valence-electron chi connectivity index (χ1n) is 4.86. The summed E-state index contributed by atoms with van der Waals surface area (Å²) in [4.78, 5) is 10.3. The van der Waals surface area contributed by atoms with E-state index in [-0.39, 0.29) is 6.42 Å². The minimum atomic E-state index is -0.813. The summed E-state index contributed by atoms with van der Waals surface area (Å²) in [6.45, 7) is 5.41. The fraction of sp³-hybridized carbons (Fsp3) is 0.333. The Labute approximate surface area is 90.3 Å². The van der Waals surface area contributed by atoms with Gasteiger partial charge in [0.15, 0.2) is 0 Å². The van der Waals surface area contributed by atoms with Gasteiger partial charge in [-0.1, -0.05) is 30.9 Å². The highest BCUT2D eigenvalue weighted by Gasteiger charge is 2.02. The summed E-state index contributed by atoms with van der Waals surface area (Å²) in [7, 11) is 0. The normalized spacial score (nSPS) is 11.7. The lowest BCUT2D eigenvalue weighted by atomic mass is 10.0. The summed E-state index contributed by atoms with van der Waals surface area (Å²) in [6, 6.07) is 0. The Bertz CT molecular complexity index is 301. The van der Waals surface area contributed by atoms with Crippen LogP contribution in [-0.4, -0.2) is 16.8 Å². The first-order chi connectivity index (χ1) is 7.11. The number of carboxylic acid groups (broad SMARTS) is 1. The molecule has 0 aromatic rings. The highest BCUT2D eigenvalue weighted by atomic mass is 16.4. The van der Waals surface area contributed by atoms with Gasteiger partial charge >= 0.3 is 5.97 Å². The van der Waals surface area contributed by atoms with Crippen molar-refractivity contribution in [3.8, 4) is 0 Å². The largest absolute Gasteiger partial charge is 0.481 e. The van der Waals surface area contributed by atoms with Crippen molar-refractivity contribution in [2.75, 3.05) is 0 Å². The topological polar surface area (TPSA) is 61.2 Å². The van der Waals surface area contributed by atoms with E-state index < -0.39 is 5.97 Å². The summed E-state index contributed by atoms with van der Waals surface area (Å²) in [6.07, 6.45) is 8.17. The highest BCUT2D eigenvalue weighted by molar-refractivity contribution is 6.00. The summed E-state index contributed by atoms with van der Waals surface area (Å²) >= 11 is 0. The molecule has 0 saturated heterocycles. The molecule has 0 atom stereocenters. The molecule has 0 aliphatic rings. The predicted octanol–water partition coefficient (Wildman–Crippen LogP) is 2.95.